The summed E-state index contributed by atoms with van der Waals surface area (Å²) in [6.07, 6.45) is 4.57. The number of hydrogen-bond donors (Lipinski definition) is 0. The van der Waals surface area contributed by atoms with Crippen LogP contribution in [0.15, 0.2) is 66.9 Å². The summed E-state index contributed by atoms with van der Waals surface area (Å²) in [6.45, 7) is 1.07. The summed E-state index contributed by atoms with van der Waals surface area (Å²) in [5.41, 5.74) is 2.81. The number of benzene rings is 2. The van der Waals surface area contributed by atoms with Crippen LogP contribution >= 0.6 is 0 Å². The molecule has 0 aliphatic heterocycles. The molecule has 0 N–H and O–H groups in total. The molecule has 0 spiro atoms. The molecule has 5 nitrogen and oxygen atoms in total. The Morgan fingerprint density at radius 1 is 1.11 bits per heavy atom. The summed E-state index contributed by atoms with van der Waals surface area (Å²) in [7, 11) is 0. The lowest BCUT2D eigenvalue weighted by Gasteiger charge is -2.00. The first-order valence-corrected chi connectivity index (χ1v) is 8.28. The van der Waals surface area contributed by atoms with Crippen LogP contribution in [-0.2, 0) is 14.3 Å². The van der Waals surface area contributed by atoms with E-state index >= 15 is 0 Å². The third kappa shape index (κ3) is 4.76. The second kappa shape index (κ2) is 8.23. The topological polar surface area (TPSA) is 61.2 Å². The van der Waals surface area contributed by atoms with E-state index in [1.807, 2.05) is 30.3 Å². The molecule has 2 aromatic carbocycles. The van der Waals surface area contributed by atoms with Crippen molar-refractivity contribution in [3.8, 4) is 16.9 Å². The molecule has 0 bridgehead atoms. The van der Waals surface area contributed by atoms with Crippen LogP contribution in [0.4, 0.5) is 4.39 Å². The highest BCUT2D eigenvalue weighted by atomic mass is 19.1. The largest absolute Gasteiger partial charge is 0.455 e. The first kappa shape index (κ1) is 18.3. The summed E-state index contributed by atoms with van der Waals surface area (Å²) >= 11 is 0. The molecule has 0 radical (unpaired) electrons. The fourth-order valence-electron chi connectivity index (χ4n) is 2.43. The smallest absolute Gasteiger partial charge is 0.331 e. The predicted octanol–water partition coefficient (Wildman–Crippen LogP) is 3.82. The van der Waals surface area contributed by atoms with Crippen molar-refractivity contribution < 1.29 is 18.7 Å². The van der Waals surface area contributed by atoms with Crippen LogP contribution in [0, 0.1) is 5.82 Å². The third-order valence-electron chi connectivity index (χ3n) is 3.70. The van der Waals surface area contributed by atoms with Crippen LogP contribution < -0.4 is 0 Å². The molecule has 27 heavy (non-hydrogen) atoms. The Balaban J connectivity index is 1.95. The molecule has 136 valence electrons. The molecule has 3 rings (SSSR count). The van der Waals surface area contributed by atoms with Gasteiger partial charge in [-0.25, -0.2) is 13.9 Å². The van der Waals surface area contributed by atoms with Crippen molar-refractivity contribution in [2.75, 3.05) is 6.61 Å². The van der Waals surface area contributed by atoms with Gasteiger partial charge in [0.15, 0.2) is 5.78 Å². The molecule has 0 unspecified atom stereocenters. The first-order valence-electron chi connectivity index (χ1n) is 8.28. The van der Waals surface area contributed by atoms with Crippen molar-refractivity contribution in [3.05, 3.63) is 78.3 Å². The normalized spacial score (nSPS) is 10.9. The summed E-state index contributed by atoms with van der Waals surface area (Å²) in [6, 6.07) is 15.4. The monoisotopic (exact) mass is 364 g/mol. The minimum absolute atomic E-state index is 0.236. The number of carbonyl (C=O) groups excluding carboxylic acids is 2. The molecular weight excluding hydrogens is 347 g/mol. The number of esters is 1. The average Bonchev–Trinajstić information content (AvgIpc) is 3.10. The second-order valence-electron chi connectivity index (χ2n) is 5.86. The molecule has 0 saturated carbocycles. The number of ether oxygens (including phenoxy) is 1. The van der Waals surface area contributed by atoms with Gasteiger partial charge in [0.25, 0.3) is 0 Å². The highest BCUT2D eigenvalue weighted by Crippen LogP contribution is 2.25. The van der Waals surface area contributed by atoms with Gasteiger partial charge < -0.3 is 4.74 Å². The molecule has 1 heterocycles. The number of carbonyl (C=O) groups is 2. The van der Waals surface area contributed by atoms with Gasteiger partial charge in [-0.15, -0.1) is 0 Å². The lowest BCUT2D eigenvalue weighted by Crippen LogP contribution is -2.08. The molecule has 0 amide bonds. The zero-order valence-electron chi connectivity index (χ0n) is 14.6. The summed E-state index contributed by atoms with van der Waals surface area (Å²) < 4.78 is 19.8. The van der Waals surface area contributed by atoms with Gasteiger partial charge >= 0.3 is 5.97 Å². The number of Topliss-reactive ketones (excluding diaryl/α,β-unsaturated/α-hetero) is 1. The highest BCUT2D eigenvalue weighted by Gasteiger charge is 2.11. The van der Waals surface area contributed by atoms with Gasteiger partial charge in [0, 0.05) is 23.4 Å². The Bertz CT molecular complexity index is 976. The van der Waals surface area contributed by atoms with Gasteiger partial charge in [0.2, 0.25) is 0 Å². The first-order chi connectivity index (χ1) is 13.0. The van der Waals surface area contributed by atoms with E-state index in [0.717, 1.165) is 5.69 Å². The summed E-state index contributed by atoms with van der Waals surface area (Å²) in [4.78, 5) is 22.7. The molecule has 0 atom stereocenters. The van der Waals surface area contributed by atoms with Crippen LogP contribution in [0.5, 0.6) is 0 Å². The predicted molar refractivity (Wildman–Crippen MR) is 99.6 cm³/mol. The van der Waals surface area contributed by atoms with Gasteiger partial charge in [-0.05, 0) is 49.4 Å². The molecule has 1 aromatic heterocycles. The van der Waals surface area contributed by atoms with Crippen molar-refractivity contribution in [2.24, 2.45) is 0 Å². The van der Waals surface area contributed by atoms with Crippen molar-refractivity contribution in [2.45, 2.75) is 6.92 Å². The quantitative estimate of drug-likeness (QED) is 0.493. The Kier molecular flexibility index (Phi) is 5.56. The lowest BCUT2D eigenvalue weighted by atomic mass is 10.1. The molecule has 0 aliphatic rings. The van der Waals surface area contributed by atoms with E-state index in [1.165, 1.54) is 25.1 Å². The van der Waals surface area contributed by atoms with E-state index in [0.29, 0.717) is 16.8 Å². The van der Waals surface area contributed by atoms with E-state index in [4.69, 9.17) is 4.74 Å². The van der Waals surface area contributed by atoms with E-state index in [-0.39, 0.29) is 18.2 Å². The van der Waals surface area contributed by atoms with E-state index < -0.39 is 5.97 Å². The average molecular weight is 364 g/mol. The number of nitrogens with zero attached hydrogens (tertiary/aromatic N) is 2. The highest BCUT2D eigenvalue weighted by molar-refractivity contribution is 5.90. The zero-order chi connectivity index (χ0) is 19.2. The maximum absolute atomic E-state index is 13.2. The SMILES string of the molecule is CC(=O)COC(=O)/C=C/c1cn(-c2ccccc2)nc1-c1ccc(F)cc1. The van der Waals surface area contributed by atoms with Crippen molar-refractivity contribution >= 4 is 17.8 Å². The van der Waals surface area contributed by atoms with Crippen molar-refractivity contribution in [3.63, 3.8) is 0 Å². The Hall–Kier alpha value is -3.54. The fourth-order valence-corrected chi connectivity index (χ4v) is 2.43. The maximum atomic E-state index is 13.2. The molecule has 0 aliphatic carbocycles. The van der Waals surface area contributed by atoms with Crippen LogP contribution in [0.25, 0.3) is 23.0 Å². The molecule has 0 saturated heterocycles. The minimum atomic E-state index is -0.622. The van der Waals surface area contributed by atoms with Crippen LogP contribution in [-0.4, -0.2) is 28.1 Å². The zero-order valence-corrected chi connectivity index (χ0v) is 14.6. The summed E-state index contributed by atoms with van der Waals surface area (Å²) in [5, 5.41) is 4.57. The lowest BCUT2D eigenvalue weighted by molar-refractivity contribution is -0.142. The molecule has 3 aromatic rings. The van der Waals surface area contributed by atoms with Crippen LogP contribution in [0.2, 0.25) is 0 Å². The van der Waals surface area contributed by atoms with Gasteiger partial charge in [-0.1, -0.05) is 18.2 Å². The van der Waals surface area contributed by atoms with E-state index in [2.05, 4.69) is 5.10 Å². The Morgan fingerprint density at radius 3 is 2.48 bits per heavy atom. The maximum Gasteiger partial charge on any atom is 0.331 e. The van der Waals surface area contributed by atoms with E-state index in [1.54, 1.807) is 29.1 Å². The number of para-hydroxylation sites is 1. The molecular formula is C21H17FN2O3. The van der Waals surface area contributed by atoms with Gasteiger partial charge in [0.1, 0.15) is 12.4 Å². The number of aromatic nitrogens is 2. The Labute approximate surface area is 155 Å². The molecule has 0 fully saturated rings. The minimum Gasteiger partial charge on any atom is -0.455 e. The van der Waals surface area contributed by atoms with Crippen molar-refractivity contribution in [1.82, 2.24) is 9.78 Å². The van der Waals surface area contributed by atoms with Gasteiger partial charge in [0.05, 0.1) is 11.4 Å². The van der Waals surface area contributed by atoms with Gasteiger partial charge in [-0.2, -0.15) is 5.10 Å². The number of halogens is 1. The Morgan fingerprint density at radius 2 is 1.81 bits per heavy atom. The van der Waals surface area contributed by atoms with Gasteiger partial charge in [-0.3, -0.25) is 4.79 Å². The summed E-state index contributed by atoms with van der Waals surface area (Å²) in [5.74, 6) is -1.20. The van der Waals surface area contributed by atoms with Crippen LogP contribution in [0.1, 0.15) is 12.5 Å². The number of ketones is 1. The van der Waals surface area contributed by atoms with Crippen molar-refractivity contribution in [1.29, 1.82) is 0 Å². The van der Waals surface area contributed by atoms with Crippen LogP contribution in [0.3, 0.4) is 0 Å². The molecule has 6 heteroatoms. The van der Waals surface area contributed by atoms with E-state index in [9.17, 15) is 14.0 Å². The fraction of sp³-hybridized carbons (Fsp3) is 0.0952. The third-order valence-corrected chi connectivity index (χ3v) is 3.70. The standard InChI is InChI=1S/C21H17FN2O3/c1-15(25)14-27-20(26)12-9-17-13-24(19-5-3-2-4-6-19)23-21(17)16-7-10-18(22)11-8-16/h2-13H,14H2,1H3/b12-9+. The number of rotatable bonds is 6. The number of hydrogen-bond acceptors (Lipinski definition) is 4. The second-order valence-corrected chi connectivity index (χ2v) is 5.86.